The van der Waals surface area contributed by atoms with Gasteiger partial charge in [-0.15, -0.1) is 11.3 Å². The quantitative estimate of drug-likeness (QED) is 0.856. The fourth-order valence-corrected chi connectivity index (χ4v) is 3.29. The van der Waals surface area contributed by atoms with Gasteiger partial charge in [-0.05, 0) is 25.3 Å². The van der Waals surface area contributed by atoms with Crippen LogP contribution < -0.4 is 0 Å². The summed E-state index contributed by atoms with van der Waals surface area (Å²) < 4.78 is 5.81. The topological polar surface area (TPSA) is 28.1 Å². The van der Waals surface area contributed by atoms with Gasteiger partial charge in [0.2, 0.25) is 5.90 Å². The number of hydrogen-bond donors (Lipinski definition) is 0. The number of hydrogen-bond acceptors (Lipinski definition) is 5. The van der Waals surface area contributed by atoms with Gasteiger partial charge in [0.15, 0.2) is 0 Å². The molecule has 1 fully saturated rings. The van der Waals surface area contributed by atoms with E-state index >= 15 is 0 Å². The highest BCUT2D eigenvalue weighted by atomic mass is 32.1. The Labute approximate surface area is 124 Å². The second kappa shape index (κ2) is 5.13. The molecule has 0 amide bonds. The zero-order valence-electron chi connectivity index (χ0n) is 12.3. The molecule has 0 saturated carbocycles. The third kappa shape index (κ3) is 2.54. The Morgan fingerprint density at radius 3 is 3.05 bits per heavy atom. The van der Waals surface area contributed by atoms with Gasteiger partial charge in [0.05, 0.1) is 12.1 Å². The molecule has 2 aliphatic rings. The van der Waals surface area contributed by atoms with E-state index in [0.717, 1.165) is 18.9 Å². The normalized spacial score (nSPS) is 20.6. The van der Waals surface area contributed by atoms with Crippen LogP contribution >= 0.6 is 11.3 Å². The SMILES string of the molecule is CN1C2=CC(OCCc3cccs3)=NCN2CC1(C)C. The van der Waals surface area contributed by atoms with Crippen LogP contribution in [0.5, 0.6) is 0 Å². The lowest BCUT2D eigenvalue weighted by Crippen LogP contribution is -2.36. The van der Waals surface area contributed by atoms with Crippen molar-refractivity contribution >= 4 is 17.2 Å². The molecule has 20 heavy (non-hydrogen) atoms. The van der Waals surface area contributed by atoms with Crippen molar-refractivity contribution in [2.45, 2.75) is 25.8 Å². The van der Waals surface area contributed by atoms with Crippen LogP contribution in [-0.2, 0) is 11.2 Å². The zero-order chi connectivity index (χ0) is 14.2. The van der Waals surface area contributed by atoms with E-state index in [0.29, 0.717) is 13.3 Å². The first-order valence-corrected chi connectivity index (χ1v) is 7.84. The highest BCUT2D eigenvalue weighted by Gasteiger charge is 2.38. The van der Waals surface area contributed by atoms with Crippen molar-refractivity contribution < 1.29 is 4.74 Å². The van der Waals surface area contributed by atoms with Crippen molar-refractivity contribution in [3.05, 3.63) is 34.3 Å². The van der Waals surface area contributed by atoms with E-state index in [1.807, 2.05) is 0 Å². The number of fused-ring (bicyclic) bond motifs is 1. The molecule has 0 aliphatic carbocycles. The molecular weight excluding hydrogens is 270 g/mol. The fourth-order valence-electron chi connectivity index (χ4n) is 2.60. The third-order valence-electron chi connectivity index (χ3n) is 3.98. The lowest BCUT2D eigenvalue weighted by atomic mass is 10.1. The number of ether oxygens (including phenoxy) is 1. The lowest BCUT2D eigenvalue weighted by Gasteiger charge is -2.28. The standard InChI is InChI=1S/C15H21N3OS/c1-15(2)10-18-11-16-13(9-14(18)17(15)3)19-7-6-12-5-4-8-20-12/h4-5,8-9H,6-7,10-11H2,1-3H3. The third-order valence-corrected chi connectivity index (χ3v) is 4.92. The van der Waals surface area contributed by atoms with Gasteiger partial charge in [-0.2, -0.15) is 0 Å². The minimum Gasteiger partial charge on any atom is -0.477 e. The molecule has 1 aromatic rings. The molecule has 3 rings (SSSR count). The molecule has 0 radical (unpaired) electrons. The molecule has 0 unspecified atom stereocenters. The van der Waals surface area contributed by atoms with Crippen molar-refractivity contribution in [2.75, 3.05) is 26.9 Å². The summed E-state index contributed by atoms with van der Waals surface area (Å²) in [4.78, 5) is 10.5. The maximum absolute atomic E-state index is 5.81. The molecule has 0 atom stereocenters. The number of thiophene rings is 1. The van der Waals surface area contributed by atoms with Crippen LogP contribution in [0.15, 0.2) is 34.4 Å². The van der Waals surface area contributed by atoms with Crippen molar-refractivity contribution in [1.29, 1.82) is 0 Å². The van der Waals surface area contributed by atoms with Gasteiger partial charge in [-0.1, -0.05) is 6.07 Å². The maximum Gasteiger partial charge on any atom is 0.214 e. The molecule has 108 valence electrons. The summed E-state index contributed by atoms with van der Waals surface area (Å²) >= 11 is 1.77. The van der Waals surface area contributed by atoms with Gasteiger partial charge in [-0.25, -0.2) is 4.99 Å². The Morgan fingerprint density at radius 1 is 1.45 bits per heavy atom. The van der Waals surface area contributed by atoms with Gasteiger partial charge in [0.1, 0.15) is 12.5 Å². The summed E-state index contributed by atoms with van der Waals surface area (Å²) in [5.74, 6) is 1.98. The van der Waals surface area contributed by atoms with Crippen molar-refractivity contribution in [2.24, 2.45) is 4.99 Å². The summed E-state index contributed by atoms with van der Waals surface area (Å²) in [6.45, 7) is 6.92. The van der Waals surface area contributed by atoms with E-state index in [9.17, 15) is 0 Å². The first-order chi connectivity index (χ1) is 9.56. The average Bonchev–Trinajstić information content (AvgIpc) is 2.99. The van der Waals surface area contributed by atoms with Gasteiger partial charge in [-0.3, -0.25) is 0 Å². The molecule has 0 spiro atoms. The second-order valence-electron chi connectivity index (χ2n) is 5.89. The molecule has 0 aromatic carbocycles. The van der Waals surface area contributed by atoms with Crippen LogP contribution in [0, 0.1) is 0 Å². The van der Waals surface area contributed by atoms with Gasteiger partial charge in [0, 0.05) is 31.0 Å². The van der Waals surface area contributed by atoms with Crippen molar-refractivity contribution in [3.63, 3.8) is 0 Å². The summed E-state index contributed by atoms with van der Waals surface area (Å²) in [5.41, 5.74) is 0.160. The minimum absolute atomic E-state index is 0.160. The molecule has 1 aromatic heterocycles. The predicted molar refractivity (Wildman–Crippen MR) is 82.9 cm³/mol. The van der Waals surface area contributed by atoms with Crippen LogP contribution in [0.1, 0.15) is 18.7 Å². The predicted octanol–water partition coefficient (Wildman–Crippen LogP) is 2.54. The summed E-state index contributed by atoms with van der Waals surface area (Å²) in [6.07, 6.45) is 3.01. The molecule has 2 aliphatic heterocycles. The highest BCUT2D eigenvalue weighted by molar-refractivity contribution is 7.09. The first kappa shape index (κ1) is 13.5. The first-order valence-electron chi connectivity index (χ1n) is 6.96. The molecule has 3 heterocycles. The number of likely N-dealkylation sites (N-methyl/N-ethyl adjacent to an activating group) is 1. The number of rotatable bonds is 3. The van der Waals surface area contributed by atoms with Crippen molar-refractivity contribution in [3.8, 4) is 0 Å². The Hall–Kier alpha value is -1.49. The monoisotopic (exact) mass is 291 g/mol. The van der Waals surface area contributed by atoms with Gasteiger partial charge in [0.25, 0.3) is 0 Å². The fraction of sp³-hybridized carbons (Fsp3) is 0.533. The summed E-state index contributed by atoms with van der Waals surface area (Å²) in [6, 6.07) is 4.22. The van der Waals surface area contributed by atoms with Gasteiger partial charge >= 0.3 is 0 Å². The Morgan fingerprint density at radius 2 is 2.30 bits per heavy atom. The molecular formula is C15H21N3OS. The van der Waals surface area contributed by atoms with E-state index in [1.54, 1.807) is 11.3 Å². The largest absolute Gasteiger partial charge is 0.477 e. The number of aliphatic imine (C=N–C) groups is 1. The van der Waals surface area contributed by atoms with Crippen LogP contribution in [-0.4, -0.2) is 48.1 Å². The summed E-state index contributed by atoms with van der Waals surface area (Å²) in [5, 5.41) is 2.10. The van der Waals surface area contributed by atoms with Crippen LogP contribution in [0.4, 0.5) is 0 Å². The number of nitrogens with zero attached hydrogens (tertiary/aromatic N) is 3. The molecule has 0 N–H and O–H groups in total. The highest BCUT2D eigenvalue weighted by Crippen LogP contribution is 2.31. The van der Waals surface area contributed by atoms with Crippen LogP contribution in [0.3, 0.4) is 0 Å². The van der Waals surface area contributed by atoms with E-state index in [-0.39, 0.29) is 5.54 Å². The minimum atomic E-state index is 0.160. The molecule has 1 saturated heterocycles. The molecule has 5 heteroatoms. The lowest BCUT2D eigenvalue weighted by molar-refractivity contribution is 0.262. The molecule has 4 nitrogen and oxygen atoms in total. The smallest absolute Gasteiger partial charge is 0.214 e. The van der Waals surface area contributed by atoms with E-state index in [1.165, 1.54) is 10.7 Å². The Kier molecular flexibility index (Phi) is 3.46. The van der Waals surface area contributed by atoms with Gasteiger partial charge < -0.3 is 14.5 Å². The molecule has 0 bridgehead atoms. The van der Waals surface area contributed by atoms with Crippen LogP contribution in [0.2, 0.25) is 0 Å². The Bertz CT molecular complexity index is 533. The van der Waals surface area contributed by atoms with Crippen LogP contribution in [0.25, 0.3) is 0 Å². The average molecular weight is 291 g/mol. The Balaban J connectivity index is 1.59. The maximum atomic E-state index is 5.81. The van der Waals surface area contributed by atoms with E-state index < -0.39 is 0 Å². The summed E-state index contributed by atoms with van der Waals surface area (Å²) in [7, 11) is 2.14. The van der Waals surface area contributed by atoms with E-state index in [4.69, 9.17) is 4.74 Å². The van der Waals surface area contributed by atoms with Crippen molar-refractivity contribution in [1.82, 2.24) is 9.80 Å². The second-order valence-corrected chi connectivity index (χ2v) is 6.92. The van der Waals surface area contributed by atoms with E-state index in [2.05, 4.69) is 59.3 Å². The zero-order valence-corrected chi connectivity index (χ0v) is 13.1.